The number of nitrogens with two attached hydrogens (primary N) is 1. The minimum Gasteiger partial charge on any atom is -0.352 e. The van der Waals surface area contributed by atoms with E-state index in [1.54, 1.807) is 4.90 Å². The topological polar surface area (TPSA) is 75.4 Å². The van der Waals surface area contributed by atoms with Crippen LogP contribution in [0.3, 0.4) is 0 Å². The molecule has 2 amide bonds. The minimum absolute atomic E-state index is 0.0410. The van der Waals surface area contributed by atoms with Gasteiger partial charge in [-0.05, 0) is 11.8 Å². The largest absolute Gasteiger partial charge is 0.352 e. The molecule has 3 N–H and O–H groups in total. The van der Waals surface area contributed by atoms with Crippen molar-refractivity contribution >= 4 is 11.8 Å². The predicted molar refractivity (Wildman–Crippen MR) is 70.8 cm³/mol. The Labute approximate surface area is 109 Å². The van der Waals surface area contributed by atoms with E-state index in [1.807, 2.05) is 20.8 Å². The predicted octanol–water partition coefficient (Wildman–Crippen LogP) is 0.487. The van der Waals surface area contributed by atoms with Gasteiger partial charge in [0.25, 0.3) is 0 Å². The highest BCUT2D eigenvalue weighted by molar-refractivity contribution is 5.78. The highest BCUT2D eigenvalue weighted by Gasteiger charge is 2.30. The molecule has 104 valence electrons. The lowest BCUT2D eigenvalue weighted by Crippen LogP contribution is -2.42. The molecule has 18 heavy (non-hydrogen) atoms. The van der Waals surface area contributed by atoms with Crippen LogP contribution in [0.25, 0.3) is 0 Å². The van der Waals surface area contributed by atoms with Crippen molar-refractivity contribution in [2.24, 2.45) is 11.1 Å². The molecule has 1 fully saturated rings. The molecule has 1 aliphatic rings. The van der Waals surface area contributed by atoms with Crippen LogP contribution < -0.4 is 11.1 Å². The lowest BCUT2D eigenvalue weighted by Gasteiger charge is -2.28. The molecule has 5 nitrogen and oxygen atoms in total. The Kier molecular flexibility index (Phi) is 4.73. The van der Waals surface area contributed by atoms with Gasteiger partial charge in [0.2, 0.25) is 11.8 Å². The van der Waals surface area contributed by atoms with Crippen LogP contribution in [0.15, 0.2) is 0 Å². The summed E-state index contributed by atoms with van der Waals surface area (Å²) in [5, 5.41) is 2.85. The summed E-state index contributed by atoms with van der Waals surface area (Å²) in [6, 6.07) is -0.0397. The molecule has 0 radical (unpaired) electrons. The second-order valence-electron chi connectivity index (χ2n) is 6.20. The first-order chi connectivity index (χ1) is 8.20. The van der Waals surface area contributed by atoms with Crippen molar-refractivity contribution in [3.63, 3.8) is 0 Å². The fraction of sp³-hybridized carbons (Fsp3) is 0.846. The summed E-state index contributed by atoms with van der Waals surface area (Å²) < 4.78 is 0. The van der Waals surface area contributed by atoms with Crippen LogP contribution in [0.4, 0.5) is 0 Å². The van der Waals surface area contributed by atoms with Crippen LogP contribution in [0, 0.1) is 5.41 Å². The van der Waals surface area contributed by atoms with Crippen molar-refractivity contribution in [1.82, 2.24) is 10.2 Å². The molecular weight excluding hydrogens is 230 g/mol. The molecule has 0 aromatic heterocycles. The van der Waals surface area contributed by atoms with Gasteiger partial charge in [0.1, 0.15) is 0 Å². The molecule has 1 rings (SSSR count). The third-order valence-electron chi connectivity index (χ3n) is 3.46. The van der Waals surface area contributed by atoms with Gasteiger partial charge in [-0.1, -0.05) is 20.8 Å². The van der Waals surface area contributed by atoms with E-state index >= 15 is 0 Å². The fourth-order valence-corrected chi connectivity index (χ4v) is 2.02. The van der Waals surface area contributed by atoms with Crippen LogP contribution in [0.5, 0.6) is 0 Å². The number of hydrogen-bond donors (Lipinski definition) is 2. The molecule has 1 saturated heterocycles. The van der Waals surface area contributed by atoms with Gasteiger partial charge >= 0.3 is 0 Å². The van der Waals surface area contributed by atoms with Crippen LogP contribution >= 0.6 is 0 Å². The van der Waals surface area contributed by atoms with Crippen molar-refractivity contribution in [1.29, 1.82) is 0 Å². The zero-order chi connectivity index (χ0) is 13.9. The molecule has 2 atom stereocenters. The molecule has 0 aliphatic carbocycles. The molecule has 0 saturated carbocycles. The molecule has 2 unspecified atom stereocenters. The van der Waals surface area contributed by atoms with E-state index in [4.69, 9.17) is 5.73 Å². The molecule has 5 heteroatoms. The third-order valence-corrected chi connectivity index (χ3v) is 3.46. The second-order valence-corrected chi connectivity index (χ2v) is 6.20. The average molecular weight is 255 g/mol. The van der Waals surface area contributed by atoms with E-state index in [-0.39, 0.29) is 29.3 Å². The normalized spacial score (nSPS) is 21.8. The highest BCUT2D eigenvalue weighted by Crippen LogP contribution is 2.21. The maximum absolute atomic E-state index is 12.1. The lowest BCUT2D eigenvalue weighted by molar-refractivity contribution is -0.131. The molecular formula is C13H25N3O2. The first-order valence-corrected chi connectivity index (χ1v) is 6.50. The van der Waals surface area contributed by atoms with Crippen molar-refractivity contribution < 1.29 is 9.59 Å². The smallest absolute Gasteiger partial charge is 0.224 e. The minimum atomic E-state index is -0.134. The summed E-state index contributed by atoms with van der Waals surface area (Å²) >= 11 is 0. The molecule has 0 aromatic rings. The second kappa shape index (κ2) is 5.69. The van der Waals surface area contributed by atoms with Gasteiger partial charge in [-0.3, -0.25) is 9.59 Å². The monoisotopic (exact) mass is 255 g/mol. The number of hydrogen-bond acceptors (Lipinski definition) is 3. The van der Waals surface area contributed by atoms with E-state index in [1.165, 1.54) is 6.92 Å². The Balaban J connectivity index is 2.43. The van der Waals surface area contributed by atoms with Crippen LogP contribution in [-0.2, 0) is 9.59 Å². The maximum Gasteiger partial charge on any atom is 0.224 e. The first kappa shape index (κ1) is 15.0. The number of nitrogens with zero attached hydrogens (tertiary/aromatic N) is 1. The van der Waals surface area contributed by atoms with Gasteiger partial charge in [-0.2, -0.15) is 0 Å². The number of rotatable bonds is 3. The Bertz CT molecular complexity index is 323. The molecule has 0 bridgehead atoms. The number of carbonyl (C=O) groups is 2. The van der Waals surface area contributed by atoms with Crippen molar-refractivity contribution in [2.75, 3.05) is 13.1 Å². The van der Waals surface area contributed by atoms with Gasteiger partial charge in [0, 0.05) is 38.5 Å². The van der Waals surface area contributed by atoms with Gasteiger partial charge in [0.05, 0.1) is 0 Å². The quantitative estimate of drug-likeness (QED) is 0.770. The Morgan fingerprint density at radius 3 is 2.56 bits per heavy atom. The summed E-state index contributed by atoms with van der Waals surface area (Å²) in [6.45, 7) is 8.93. The van der Waals surface area contributed by atoms with Gasteiger partial charge in [-0.25, -0.2) is 0 Å². The van der Waals surface area contributed by atoms with Crippen LogP contribution in [0.1, 0.15) is 40.5 Å². The molecule has 0 aromatic carbocycles. The summed E-state index contributed by atoms with van der Waals surface area (Å²) in [5.74, 6) is 0.0472. The maximum atomic E-state index is 12.1. The summed E-state index contributed by atoms with van der Waals surface area (Å²) in [7, 11) is 0. The Morgan fingerprint density at radius 2 is 2.06 bits per heavy atom. The number of likely N-dealkylation sites (tertiary alicyclic amines) is 1. The van der Waals surface area contributed by atoms with Crippen molar-refractivity contribution in [2.45, 2.75) is 52.6 Å². The van der Waals surface area contributed by atoms with Crippen molar-refractivity contribution in [3.8, 4) is 0 Å². The van der Waals surface area contributed by atoms with E-state index < -0.39 is 0 Å². The Hall–Kier alpha value is -1.10. The van der Waals surface area contributed by atoms with E-state index in [0.29, 0.717) is 19.5 Å². The van der Waals surface area contributed by atoms with E-state index in [2.05, 4.69) is 5.32 Å². The molecule has 1 aliphatic heterocycles. The van der Waals surface area contributed by atoms with Gasteiger partial charge in [0.15, 0.2) is 0 Å². The summed E-state index contributed by atoms with van der Waals surface area (Å²) in [4.78, 5) is 24.8. The SMILES string of the molecule is CC(=O)NC1CCN(C(=O)CC(N)C(C)(C)C)C1. The zero-order valence-corrected chi connectivity index (χ0v) is 11.8. The highest BCUT2D eigenvalue weighted by atomic mass is 16.2. The summed E-state index contributed by atoms with van der Waals surface area (Å²) in [5.41, 5.74) is 5.95. The zero-order valence-electron chi connectivity index (χ0n) is 11.8. The van der Waals surface area contributed by atoms with Crippen LogP contribution in [-0.4, -0.2) is 41.9 Å². The number of amides is 2. The van der Waals surface area contributed by atoms with Crippen molar-refractivity contribution in [3.05, 3.63) is 0 Å². The van der Waals surface area contributed by atoms with E-state index in [9.17, 15) is 9.59 Å². The summed E-state index contributed by atoms with van der Waals surface area (Å²) in [6.07, 6.45) is 1.20. The molecule has 1 heterocycles. The Morgan fingerprint density at radius 1 is 1.44 bits per heavy atom. The third kappa shape index (κ3) is 4.29. The van der Waals surface area contributed by atoms with Gasteiger partial charge in [-0.15, -0.1) is 0 Å². The average Bonchev–Trinajstić information content (AvgIpc) is 2.63. The van der Waals surface area contributed by atoms with E-state index in [0.717, 1.165) is 6.42 Å². The lowest BCUT2D eigenvalue weighted by atomic mass is 9.85. The van der Waals surface area contributed by atoms with Gasteiger partial charge < -0.3 is 16.0 Å². The first-order valence-electron chi connectivity index (χ1n) is 6.50. The number of carbonyl (C=O) groups excluding carboxylic acids is 2. The fourth-order valence-electron chi connectivity index (χ4n) is 2.02. The number of nitrogens with one attached hydrogen (secondary N) is 1. The standard InChI is InChI=1S/C13H25N3O2/c1-9(17)15-10-5-6-16(8-10)12(18)7-11(14)13(2,3)4/h10-11H,5-8,14H2,1-4H3,(H,15,17). The van der Waals surface area contributed by atoms with Crippen LogP contribution in [0.2, 0.25) is 0 Å². The molecule has 0 spiro atoms.